The third kappa shape index (κ3) is 7.99. The van der Waals surface area contributed by atoms with E-state index < -0.39 is 0 Å². The lowest BCUT2D eigenvalue weighted by Gasteiger charge is -2.07. The lowest BCUT2D eigenvalue weighted by atomic mass is 10.0. The van der Waals surface area contributed by atoms with Crippen LogP contribution in [-0.2, 0) is 4.79 Å². The quantitative estimate of drug-likeness (QED) is 0.481. The van der Waals surface area contributed by atoms with Crippen molar-refractivity contribution in [2.75, 3.05) is 6.61 Å². The molecule has 0 aromatic rings. The minimum atomic E-state index is 0.287. The van der Waals surface area contributed by atoms with Crippen molar-refractivity contribution in [2.45, 2.75) is 46.0 Å². The van der Waals surface area contributed by atoms with Gasteiger partial charge in [-0.15, -0.1) is 0 Å². The number of carbonyl (C=O) groups excluding carboxylic acids is 1. The molecular formula is C12H22O2. The monoisotopic (exact) mass is 198 g/mol. The number of hydrogen-bond donors (Lipinski definition) is 1. The molecule has 0 aliphatic heterocycles. The second-order valence-corrected chi connectivity index (χ2v) is 3.95. The minimum absolute atomic E-state index is 0.287. The summed E-state index contributed by atoms with van der Waals surface area (Å²) in [6.45, 7) is 4.51. The minimum Gasteiger partial charge on any atom is -0.396 e. The van der Waals surface area contributed by atoms with Gasteiger partial charge in [-0.05, 0) is 38.5 Å². The van der Waals surface area contributed by atoms with E-state index in [0.717, 1.165) is 32.0 Å². The Kier molecular flexibility index (Phi) is 8.54. The molecule has 14 heavy (non-hydrogen) atoms. The first-order valence-corrected chi connectivity index (χ1v) is 5.40. The molecule has 2 nitrogen and oxygen atoms in total. The summed E-state index contributed by atoms with van der Waals surface area (Å²) in [5.74, 6) is 0.593. The summed E-state index contributed by atoms with van der Waals surface area (Å²) in [7, 11) is 0. The Hall–Kier alpha value is -0.630. The molecular weight excluding hydrogens is 176 g/mol. The highest BCUT2D eigenvalue weighted by atomic mass is 16.3. The van der Waals surface area contributed by atoms with Crippen LogP contribution in [0.5, 0.6) is 0 Å². The van der Waals surface area contributed by atoms with E-state index in [1.165, 1.54) is 5.57 Å². The number of rotatable bonds is 8. The lowest BCUT2D eigenvalue weighted by molar-refractivity contribution is -0.107. The summed E-state index contributed by atoms with van der Waals surface area (Å²) in [5, 5.41) is 8.71. The van der Waals surface area contributed by atoms with Crippen LogP contribution in [0.25, 0.3) is 0 Å². The predicted molar refractivity (Wildman–Crippen MR) is 59.2 cm³/mol. The normalized spacial score (nSPS) is 14.1. The average molecular weight is 198 g/mol. The second kappa shape index (κ2) is 8.95. The first kappa shape index (κ1) is 13.4. The van der Waals surface area contributed by atoms with Crippen LogP contribution in [0.2, 0.25) is 0 Å². The van der Waals surface area contributed by atoms with Gasteiger partial charge in [-0.3, -0.25) is 0 Å². The summed E-state index contributed by atoms with van der Waals surface area (Å²) in [5.41, 5.74) is 1.30. The van der Waals surface area contributed by atoms with Gasteiger partial charge in [-0.1, -0.05) is 18.6 Å². The lowest BCUT2D eigenvalue weighted by Crippen LogP contribution is -1.97. The fourth-order valence-corrected chi connectivity index (χ4v) is 1.37. The zero-order valence-corrected chi connectivity index (χ0v) is 9.33. The summed E-state index contributed by atoms with van der Waals surface area (Å²) < 4.78 is 0. The molecule has 0 radical (unpaired) electrons. The van der Waals surface area contributed by atoms with Gasteiger partial charge in [0.1, 0.15) is 6.29 Å². The van der Waals surface area contributed by atoms with Crippen LogP contribution in [0.1, 0.15) is 46.0 Å². The van der Waals surface area contributed by atoms with Crippen LogP contribution >= 0.6 is 0 Å². The molecule has 0 aromatic carbocycles. The van der Waals surface area contributed by atoms with E-state index in [0.29, 0.717) is 12.3 Å². The maximum Gasteiger partial charge on any atom is 0.120 e. The Balaban J connectivity index is 3.53. The van der Waals surface area contributed by atoms with Crippen molar-refractivity contribution in [2.24, 2.45) is 5.92 Å². The Morgan fingerprint density at radius 1 is 1.36 bits per heavy atom. The highest BCUT2D eigenvalue weighted by Crippen LogP contribution is 2.12. The van der Waals surface area contributed by atoms with Crippen LogP contribution < -0.4 is 0 Å². The third-order valence-corrected chi connectivity index (χ3v) is 2.43. The number of aliphatic hydroxyl groups is 1. The number of carbonyl (C=O) groups is 1. The van der Waals surface area contributed by atoms with Crippen molar-refractivity contribution >= 4 is 6.29 Å². The van der Waals surface area contributed by atoms with E-state index in [-0.39, 0.29) is 6.61 Å². The maximum atomic E-state index is 10.1. The molecule has 0 saturated carbocycles. The largest absolute Gasteiger partial charge is 0.396 e. The summed E-state index contributed by atoms with van der Waals surface area (Å²) >= 11 is 0. The highest BCUT2D eigenvalue weighted by Gasteiger charge is 1.99. The van der Waals surface area contributed by atoms with Crippen molar-refractivity contribution in [1.29, 1.82) is 0 Å². The Bertz CT molecular complexity index is 173. The van der Waals surface area contributed by atoms with Crippen LogP contribution in [-0.4, -0.2) is 18.0 Å². The van der Waals surface area contributed by atoms with Gasteiger partial charge in [-0.25, -0.2) is 0 Å². The van der Waals surface area contributed by atoms with E-state index >= 15 is 0 Å². The molecule has 1 N–H and O–H groups in total. The zero-order valence-electron chi connectivity index (χ0n) is 9.33. The first-order chi connectivity index (χ1) is 6.70. The molecule has 0 aromatic heterocycles. The van der Waals surface area contributed by atoms with Gasteiger partial charge in [-0.2, -0.15) is 0 Å². The molecule has 0 heterocycles. The van der Waals surface area contributed by atoms with E-state index in [9.17, 15) is 4.79 Å². The molecule has 2 heteroatoms. The van der Waals surface area contributed by atoms with Crippen LogP contribution in [0, 0.1) is 5.92 Å². The number of allylic oxidation sites excluding steroid dienone is 2. The molecule has 0 bridgehead atoms. The van der Waals surface area contributed by atoms with Crippen molar-refractivity contribution in [3.05, 3.63) is 11.6 Å². The highest BCUT2D eigenvalue weighted by molar-refractivity contribution is 5.49. The fraction of sp³-hybridized carbons (Fsp3) is 0.750. The summed E-state index contributed by atoms with van der Waals surface area (Å²) in [6, 6.07) is 0. The van der Waals surface area contributed by atoms with Crippen molar-refractivity contribution in [3.63, 3.8) is 0 Å². The van der Waals surface area contributed by atoms with Gasteiger partial charge < -0.3 is 9.90 Å². The zero-order chi connectivity index (χ0) is 10.8. The Morgan fingerprint density at radius 2 is 2.07 bits per heavy atom. The molecule has 0 aliphatic rings. The molecule has 0 spiro atoms. The van der Waals surface area contributed by atoms with Crippen LogP contribution in [0.4, 0.5) is 0 Å². The van der Waals surface area contributed by atoms with Crippen molar-refractivity contribution < 1.29 is 9.90 Å². The number of aldehydes is 1. The van der Waals surface area contributed by atoms with E-state index in [1.807, 2.05) is 0 Å². The van der Waals surface area contributed by atoms with Crippen LogP contribution in [0.3, 0.4) is 0 Å². The molecule has 0 amide bonds. The molecule has 82 valence electrons. The Morgan fingerprint density at radius 3 is 2.64 bits per heavy atom. The van der Waals surface area contributed by atoms with E-state index in [2.05, 4.69) is 19.9 Å². The molecule has 0 rings (SSSR count). The average Bonchev–Trinajstić information content (AvgIpc) is 2.15. The second-order valence-electron chi connectivity index (χ2n) is 3.95. The van der Waals surface area contributed by atoms with Gasteiger partial charge in [0.2, 0.25) is 0 Å². The topological polar surface area (TPSA) is 37.3 Å². The van der Waals surface area contributed by atoms with Crippen molar-refractivity contribution in [3.8, 4) is 0 Å². The van der Waals surface area contributed by atoms with Crippen LogP contribution in [0.15, 0.2) is 11.6 Å². The predicted octanol–water partition coefficient (Wildman–Crippen LogP) is 2.71. The van der Waals surface area contributed by atoms with Gasteiger partial charge in [0.25, 0.3) is 0 Å². The van der Waals surface area contributed by atoms with Gasteiger partial charge in [0, 0.05) is 13.0 Å². The standard InChI is InChI=1S/C12H22O2/c1-11(7-4-9-13)5-3-6-12(2)8-10-14/h5,9,12,14H,3-4,6-8,10H2,1-2H3/b11-5+/t12-/m0/s1. The number of aliphatic hydroxyl groups excluding tert-OH is 1. The summed E-state index contributed by atoms with van der Waals surface area (Å²) in [4.78, 5) is 10.1. The van der Waals surface area contributed by atoms with Gasteiger partial charge >= 0.3 is 0 Å². The SMILES string of the molecule is C/C(=C\CC[C@H](C)CCO)CCC=O. The van der Waals surface area contributed by atoms with Gasteiger partial charge in [0.15, 0.2) is 0 Å². The maximum absolute atomic E-state index is 10.1. The molecule has 0 fully saturated rings. The summed E-state index contributed by atoms with van der Waals surface area (Å²) in [6.07, 6.45) is 7.77. The smallest absolute Gasteiger partial charge is 0.120 e. The first-order valence-electron chi connectivity index (χ1n) is 5.40. The molecule has 0 saturated heterocycles. The van der Waals surface area contributed by atoms with E-state index in [4.69, 9.17) is 5.11 Å². The number of hydrogen-bond acceptors (Lipinski definition) is 2. The van der Waals surface area contributed by atoms with Gasteiger partial charge in [0.05, 0.1) is 0 Å². The van der Waals surface area contributed by atoms with E-state index in [1.54, 1.807) is 0 Å². The fourth-order valence-electron chi connectivity index (χ4n) is 1.37. The Labute approximate surface area is 87.0 Å². The molecule has 0 aliphatic carbocycles. The molecule has 1 atom stereocenters. The third-order valence-electron chi connectivity index (χ3n) is 2.43. The molecule has 0 unspecified atom stereocenters. The van der Waals surface area contributed by atoms with Crippen molar-refractivity contribution in [1.82, 2.24) is 0 Å².